The number of aromatic nitrogens is 1. The number of rotatable bonds is 8. The third kappa shape index (κ3) is 5.88. The number of anilines is 2. The van der Waals surface area contributed by atoms with Gasteiger partial charge in [0.25, 0.3) is 0 Å². The molecule has 1 N–H and O–H groups in total. The van der Waals surface area contributed by atoms with E-state index in [4.69, 9.17) is 9.72 Å². The van der Waals surface area contributed by atoms with Gasteiger partial charge < -0.3 is 19.9 Å². The van der Waals surface area contributed by atoms with Crippen molar-refractivity contribution in [1.82, 2.24) is 10.3 Å². The molecule has 6 nitrogen and oxygen atoms in total. The largest absolute Gasteiger partial charge is 0.489 e. The van der Waals surface area contributed by atoms with Crippen molar-refractivity contribution in [1.29, 1.82) is 0 Å². The fourth-order valence-corrected chi connectivity index (χ4v) is 3.89. The summed E-state index contributed by atoms with van der Waals surface area (Å²) in [5.74, 6) is 3.45. The first-order valence-electron chi connectivity index (χ1n) is 10.8. The Balaban J connectivity index is 1.57. The molecular weight excluding hydrogens is 376 g/mol. The van der Waals surface area contributed by atoms with Gasteiger partial charge in [-0.3, -0.25) is 4.79 Å². The highest BCUT2D eigenvalue weighted by Gasteiger charge is 2.25. The van der Waals surface area contributed by atoms with Gasteiger partial charge >= 0.3 is 0 Å². The van der Waals surface area contributed by atoms with Crippen molar-refractivity contribution in [2.45, 2.75) is 46.3 Å². The molecule has 1 aliphatic heterocycles. The fraction of sp³-hybridized carbons (Fsp3) is 0.500. The Morgan fingerprint density at radius 3 is 2.63 bits per heavy atom. The lowest BCUT2D eigenvalue weighted by atomic mass is 10.1. The van der Waals surface area contributed by atoms with Gasteiger partial charge in [-0.1, -0.05) is 32.0 Å². The summed E-state index contributed by atoms with van der Waals surface area (Å²) >= 11 is 0. The summed E-state index contributed by atoms with van der Waals surface area (Å²) in [6.45, 7) is 10.7. The number of benzene rings is 1. The van der Waals surface area contributed by atoms with Crippen LogP contribution in [0.4, 0.5) is 11.6 Å². The molecule has 2 atom stereocenters. The van der Waals surface area contributed by atoms with Crippen LogP contribution in [0.15, 0.2) is 42.5 Å². The highest BCUT2D eigenvalue weighted by atomic mass is 16.5. The van der Waals surface area contributed by atoms with Crippen LogP contribution in [0.25, 0.3) is 0 Å². The van der Waals surface area contributed by atoms with E-state index >= 15 is 0 Å². The molecule has 162 valence electrons. The molecule has 2 aromatic rings. The Hall–Kier alpha value is -2.76. The van der Waals surface area contributed by atoms with Crippen molar-refractivity contribution in [3.8, 4) is 5.75 Å². The van der Waals surface area contributed by atoms with Crippen molar-refractivity contribution < 1.29 is 9.53 Å². The van der Waals surface area contributed by atoms with Gasteiger partial charge in [0, 0.05) is 33.5 Å². The van der Waals surface area contributed by atoms with Crippen LogP contribution in [0.2, 0.25) is 0 Å². The molecule has 1 fully saturated rings. The summed E-state index contributed by atoms with van der Waals surface area (Å²) in [5.41, 5.74) is 1.07. The van der Waals surface area contributed by atoms with E-state index in [1.54, 1.807) is 0 Å². The number of ether oxygens (including phenoxy) is 1. The lowest BCUT2D eigenvalue weighted by molar-refractivity contribution is -0.119. The maximum absolute atomic E-state index is 11.2. The SMILES string of the molecule is CC(=O)N[C@@H](C)c1ccc(O[C@@H]2CCN(c3cccc(N(C)CC(C)C)n3)C2)cc1. The maximum Gasteiger partial charge on any atom is 0.217 e. The van der Waals surface area contributed by atoms with E-state index in [9.17, 15) is 4.79 Å². The van der Waals surface area contributed by atoms with Crippen LogP contribution >= 0.6 is 0 Å². The molecule has 0 unspecified atom stereocenters. The minimum absolute atomic E-state index is 0.00861. The van der Waals surface area contributed by atoms with Gasteiger partial charge in [-0.05, 0) is 42.7 Å². The molecule has 0 aliphatic carbocycles. The van der Waals surface area contributed by atoms with Gasteiger partial charge in [-0.2, -0.15) is 0 Å². The average Bonchev–Trinajstić information content (AvgIpc) is 3.16. The standard InChI is InChI=1S/C24H34N4O2/c1-17(2)15-27(5)23-7-6-8-24(26-23)28-14-13-22(16-28)30-21-11-9-20(10-12-21)18(3)25-19(4)29/h6-12,17-18,22H,13-16H2,1-5H3,(H,25,29)/t18-,22+/m0/s1. The maximum atomic E-state index is 11.2. The topological polar surface area (TPSA) is 57.7 Å². The molecule has 0 saturated carbocycles. The Labute approximate surface area is 180 Å². The molecule has 3 rings (SSSR count). The van der Waals surface area contributed by atoms with E-state index in [2.05, 4.69) is 54.2 Å². The summed E-state index contributed by atoms with van der Waals surface area (Å²) in [6, 6.07) is 14.2. The summed E-state index contributed by atoms with van der Waals surface area (Å²) in [5, 5.41) is 2.90. The van der Waals surface area contributed by atoms with Crippen molar-refractivity contribution in [3.05, 3.63) is 48.0 Å². The van der Waals surface area contributed by atoms with Crippen molar-refractivity contribution in [2.24, 2.45) is 5.92 Å². The lowest BCUT2D eigenvalue weighted by Crippen LogP contribution is -2.27. The van der Waals surface area contributed by atoms with Gasteiger partial charge in [-0.15, -0.1) is 0 Å². The molecule has 0 radical (unpaired) electrons. The van der Waals surface area contributed by atoms with Crippen molar-refractivity contribution >= 4 is 17.5 Å². The molecule has 0 bridgehead atoms. The van der Waals surface area contributed by atoms with Gasteiger partial charge in [0.05, 0.1) is 12.6 Å². The second kappa shape index (κ2) is 9.83. The van der Waals surface area contributed by atoms with E-state index in [-0.39, 0.29) is 18.1 Å². The van der Waals surface area contributed by atoms with E-state index < -0.39 is 0 Å². The smallest absolute Gasteiger partial charge is 0.217 e. The van der Waals surface area contributed by atoms with Crippen LogP contribution in [-0.2, 0) is 4.79 Å². The molecule has 1 aliphatic rings. The second-order valence-electron chi connectivity index (χ2n) is 8.59. The highest BCUT2D eigenvalue weighted by molar-refractivity contribution is 5.73. The zero-order chi connectivity index (χ0) is 21.7. The first-order chi connectivity index (χ1) is 14.3. The minimum Gasteiger partial charge on any atom is -0.489 e. The number of nitrogens with zero attached hydrogens (tertiary/aromatic N) is 3. The normalized spacial score (nSPS) is 17.1. The minimum atomic E-state index is -0.0260. The van der Waals surface area contributed by atoms with Crippen LogP contribution in [0.3, 0.4) is 0 Å². The van der Waals surface area contributed by atoms with Crippen LogP contribution in [0.5, 0.6) is 5.75 Å². The van der Waals surface area contributed by atoms with E-state index in [1.807, 2.05) is 31.2 Å². The number of pyridine rings is 1. The van der Waals surface area contributed by atoms with Gasteiger partial charge in [0.1, 0.15) is 23.5 Å². The predicted octanol–water partition coefficient (Wildman–Crippen LogP) is 4.03. The number of hydrogen-bond acceptors (Lipinski definition) is 5. The van der Waals surface area contributed by atoms with Gasteiger partial charge in [-0.25, -0.2) is 4.98 Å². The second-order valence-corrected chi connectivity index (χ2v) is 8.59. The molecule has 1 aromatic heterocycles. The quantitative estimate of drug-likeness (QED) is 0.712. The van der Waals surface area contributed by atoms with E-state index in [0.29, 0.717) is 5.92 Å². The average molecular weight is 411 g/mol. The number of carbonyl (C=O) groups is 1. The monoisotopic (exact) mass is 410 g/mol. The molecule has 1 saturated heterocycles. The van der Waals surface area contributed by atoms with Gasteiger partial charge in [0.2, 0.25) is 5.91 Å². The summed E-state index contributed by atoms with van der Waals surface area (Å²) < 4.78 is 6.21. The number of hydrogen-bond donors (Lipinski definition) is 1. The molecule has 30 heavy (non-hydrogen) atoms. The Morgan fingerprint density at radius 2 is 1.97 bits per heavy atom. The first kappa shape index (κ1) is 21.9. The predicted molar refractivity (Wildman–Crippen MR) is 122 cm³/mol. The molecular formula is C24H34N4O2. The van der Waals surface area contributed by atoms with Crippen molar-refractivity contribution in [3.63, 3.8) is 0 Å². The Kier molecular flexibility index (Phi) is 7.19. The molecule has 1 aromatic carbocycles. The zero-order valence-corrected chi connectivity index (χ0v) is 18.8. The first-order valence-corrected chi connectivity index (χ1v) is 10.8. The highest BCUT2D eigenvalue weighted by Crippen LogP contribution is 2.25. The number of amides is 1. The summed E-state index contributed by atoms with van der Waals surface area (Å²) in [4.78, 5) is 20.6. The molecule has 2 heterocycles. The van der Waals surface area contributed by atoms with Gasteiger partial charge in [0.15, 0.2) is 0 Å². The summed E-state index contributed by atoms with van der Waals surface area (Å²) in [6.07, 6.45) is 1.11. The third-order valence-electron chi connectivity index (χ3n) is 5.32. The number of carbonyl (C=O) groups excluding carboxylic acids is 1. The Morgan fingerprint density at radius 1 is 1.23 bits per heavy atom. The van der Waals surface area contributed by atoms with Crippen LogP contribution in [0.1, 0.15) is 45.7 Å². The van der Waals surface area contributed by atoms with Crippen LogP contribution < -0.4 is 19.9 Å². The van der Waals surface area contributed by atoms with E-state index in [0.717, 1.165) is 49.0 Å². The lowest BCUT2D eigenvalue weighted by Gasteiger charge is -2.23. The fourth-order valence-electron chi connectivity index (χ4n) is 3.89. The van der Waals surface area contributed by atoms with Crippen molar-refractivity contribution in [2.75, 3.05) is 36.5 Å². The molecule has 0 spiro atoms. The van der Waals surface area contributed by atoms with Crippen LogP contribution in [0, 0.1) is 5.92 Å². The number of nitrogens with one attached hydrogen (secondary N) is 1. The Bertz CT molecular complexity index is 837. The molecule has 1 amide bonds. The zero-order valence-electron chi connectivity index (χ0n) is 18.8. The van der Waals surface area contributed by atoms with E-state index in [1.165, 1.54) is 6.92 Å². The van der Waals surface area contributed by atoms with Crippen LogP contribution in [-0.4, -0.2) is 43.7 Å². The molecule has 6 heteroatoms. The third-order valence-corrected chi connectivity index (χ3v) is 5.32. The summed E-state index contributed by atoms with van der Waals surface area (Å²) in [7, 11) is 2.10.